The maximum Gasteiger partial charge on any atom is 0.264 e. The van der Waals surface area contributed by atoms with E-state index in [1.807, 2.05) is 49.5 Å². The van der Waals surface area contributed by atoms with Crippen LogP contribution in [0.5, 0.6) is 0 Å². The number of rotatable bonds is 9. The number of benzene rings is 2. The minimum Gasteiger partial charge on any atom is -0.395 e. The third kappa shape index (κ3) is 4.75. The van der Waals surface area contributed by atoms with Gasteiger partial charge in [0.2, 0.25) is 8.41 Å². The monoisotopic (exact) mass is 568 g/mol. The molecule has 2 aliphatic rings. The number of halogens is 2. The quantitative estimate of drug-likeness (QED) is 0.211. The summed E-state index contributed by atoms with van der Waals surface area (Å²) in [5.41, 5.74) is 1.30. The molecule has 0 bridgehead atoms. The molecule has 0 aliphatic carbocycles. The number of hydrogen-bond donors (Lipinski definition) is 1. The van der Waals surface area contributed by atoms with Crippen LogP contribution in [0, 0.1) is 5.92 Å². The first-order valence-corrected chi connectivity index (χ1v) is 16.6. The van der Waals surface area contributed by atoms with Gasteiger partial charge in [-0.1, -0.05) is 60.1 Å². The maximum atomic E-state index is 16.0. The van der Waals surface area contributed by atoms with Gasteiger partial charge < -0.3 is 18.9 Å². The Labute approximate surface area is 234 Å². The number of carbonyl (C=O) groups excluding carboxylic acids is 1. The molecule has 7 nitrogen and oxygen atoms in total. The van der Waals surface area contributed by atoms with Crippen LogP contribution in [0.3, 0.4) is 0 Å². The molecule has 3 heterocycles. The molecular formula is C29H34ClFN4O3Si. The summed E-state index contributed by atoms with van der Waals surface area (Å²) in [6, 6.07) is 15.0. The van der Waals surface area contributed by atoms with Gasteiger partial charge >= 0.3 is 0 Å². The van der Waals surface area contributed by atoms with Gasteiger partial charge in [0.15, 0.2) is 5.60 Å². The van der Waals surface area contributed by atoms with Crippen LogP contribution in [0.4, 0.5) is 9.80 Å². The molecule has 1 spiro atoms. The van der Waals surface area contributed by atoms with Gasteiger partial charge in [0.05, 0.1) is 30.0 Å². The van der Waals surface area contributed by atoms with Gasteiger partial charge in [0.25, 0.3) is 5.91 Å². The van der Waals surface area contributed by atoms with E-state index in [2.05, 4.69) is 16.9 Å². The number of aryl methyl sites for hydroxylation is 1. The van der Waals surface area contributed by atoms with Gasteiger partial charge in [-0.05, 0) is 43.3 Å². The molecule has 1 N–H and O–H groups in total. The Balaban J connectivity index is 1.43. The number of amides is 1. The lowest BCUT2D eigenvalue weighted by Crippen LogP contribution is -2.45. The third-order valence-corrected chi connectivity index (χ3v) is 10.9. The Bertz CT molecular complexity index is 1360. The summed E-state index contributed by atoms with van der Waals surface area (Å²) in [6.45, 7) is 9.77. The van der Waals surface area contributed by atoms with E-state index < -0.39 is 31.6 Å². The SMILES string of the molecule is C=CCN1C(=O)[C@@]2(O[C@@H](CCn3cc(C(CO)c4ccccc4)nn3)[C@H]([Si](C)(C)F)[C@H]2C)c2cc(Cl)ccc21. The zero-order chi connectivity index (χ0) is 27.9. The fourth-order valence-corrected chi connectivity index (χ4v) is 9.21. The van der Waals surface area contributed by atoms with Crippen molar-refractivity contribution in [3.8, 4) is 0 Å². The second-order valence-corrected chi connectivity index (χ2v) is 15.2. The topological polar surface area (TPSA) is 80.5 Å². The predicted molar refractivity (Wildman–Crippen MR) is 152 cm³/mol. The number of carbonyl (C=O) groups is 1. The highest BCUT2D eigenvalue weighted by Gasteiger charge is 2.66. The maximum absolute atomic E-state index is 16.0. The van der Waals surface area contributed by atoms with Crippen LogP contribution < -0.4 is 4.90 Å². The summed E-state index contributed by atoms with van der Waals surface area (Å²) >= 11 is 6.39. The molecule has 1 aromatic heterocycles. The highest BCUT2D eigenvalue weighted by atomic mass is 35.5. The smallest absolute Gasteiger partial charge is 0.264 e. The Morgan fingerprint density at radius 1 is 1.28 bits per heavy atom. The average molecular weight is 569 g/mol. The van der Waals surface area contributed by atoms with Crippen molar-refractivity contribution in [3.63, 3.8) is 0 Å². The predicted octanol–water partition coefficient (Wildman–Crippen LogP) is 5.45. The van der Waals surface area contributed by atoms with Crippen molar-refractivity contribution in [1.29, 1.82) is 0 Å². The first kappa shape index (κ1) is 27.7. The van der Waals surface area contributed by atoms with Gasteiger partial charge in [-0.15, -0.1) is 11.7 Å². The van der Waals surface area contributed by atoms with Crippen molar-refractivity contribution in [1.82, 2.24) is 15.0 Å². The molecule has 10 heteroatoms. The molecule has 206 valence electrons. The van der Waals surface area contributed by atoms with Crippen LogP contribution in [-0.4, -0.2) is 53.7 Å². The molecule has 2 aliphatic heterocycles. The van der Waals surface area contributed by atoms with Crippen LogP contribution in [0.1, 0.15) is 36.1 Å². The molecule has 0 saturated carbocycles. The van der Waals surface area contributed by atoms with Crippen molar-refractivity contribution in [3.05, 3.63) is 89.2 Å². The molecule has 1 fully saturated rings. The van der Waals surface area contributed by atoms with Crippen LogP contribution in [-0.2, 0) is 21.7 Å². The number of nitrogens with zero attached hydrogens (tertiary/aromatic N) is 4. The van der Waals surface area contributed by atoms with Crippen LogP contribution in [0.2, 0.25) is 23.7 Å². The fourth-order valence-electron chi connectivity index (χ4n) is 6.50. The average Bonchev–Trinajstić information content (AvgIpc) is 3.55. The van der Waals surface area contributed by atoms with Gasteiger partial charge in [-0.2, -0.15) is 0 Å². The minimum atomic E-state index is -3.28. The van der Waals surface area contributed by atoms with Crippen molar-refractivity contribution in [2.45, 2.75) is 56.1 Å². The van der Waals surface area contributed by atoms with Gasteiger partial charge in [0, 0.05) is 41.3 Å². The van der Waals surface area contributed by atoms with E-state index in [0.29, 0.717) is 35.8 Å². The highest BCUT2D eigenvalue weighted by Crippen LogP contribution is 2.60. The lowest BCUT2D eigenvalue weighted by Gasteiger charge is -2.31. The van der Waals surface area contributed by atoms with Crippen molar-refractivity contribution in [2.75, 3.05) is 18.1 Å². The molecule has 1 unspecified atom stereocenters. The first-order chi connectivity index (χ1) is 18.6. The fraction of sp³-hybridized carbons (Fsp3) is 0.414. The Hall–Kier alpha value is -2.85. The zero-order valence-corrected chi connectivity index (χ0v) is 24.2. The number of aromatic nitrogens is 3. The minimum absolute atomic E-state index is 0.0938. The number of hydrogen-bond acceptors (Lipinski definition) is 5. The van der Waals surface area contributed by atoms with E-state index in [9.17, 15) is 9.90 Å². The second-order valence-electron chi connectivity index (χ2n) is 11.0. The molecular weight excluding hydrogens is 535 g/mol. The van der Waals surface area contributed by atoms with E-state index in [1.54, 1.807) is 40.9 Å². The van der Waals surface area contributed by atoms with E-state index in [1.165, 1.54) is 0 Å². The summed E-state index contributed by atoms with van der Waals surface area (Å²) in [6.07, 6.45) is 3.45. The number of fused-ring (bicyclic) bond motifs is 2. The van der Waals surface area contributed by atoms with Crippen LogP contribution in [0.25, 0.3) is 0 Å². The van der Waals surface area contributed by atoms with E-state index >= 15 is 4.11 Å². The van der Waals surface area contributed by atoms with Crippen molar-refractivity contribution >= 4 is 31.6 Å². The van der Waals surface area contributed by atoms with Crippen molar-refractivity contribution < 1.29 is 18.7 Å². The third-order valence-electron chi connectivity index (χ3n) is 8.18. The Morgan fingerprint density at radius 3 is 2.69 bits per heavy atom. The normalized spacial score (nSPS) is 25.3. The van der Waals surface area contributed by atoms with Gasteiger partial charge in [-0.25, -0.2) is 0 Å². The molecule has 0 radical (unpaired) electrons. The van der Waals surface area contributed by atoms with Crippen molar-refractivity contribution in [2.24, 2.45) is 5.92 Å². The zero-order valence-electron chi connectivity index (χ0n) is 22.4. The Morgan fingerprint density at radius 2 is 2.03 bits per heavy atom. The molecule has 1 amide bonds. The van der Waals surface area contributed by atoms with Crippen LogP contribution >= 0.6 is 11.6 Å². The largest absolute Gasteiger partial charge is 0.395 e. The van der Waals surface area contributed by atoms with Gasteiger partial charge in [0.1, 0.15) is 0 Å². The number of aliphatic hydroxyl groups excluding tert-OH is 1. The van der Waals surface area contributed by atoms with Gasteiger partial charge in [-0.3, -0.25) is 9.48 Å². The number of anilines is 1. The molecule has 5 rings (SSSR count). The van der Waals surface area contributed by atoms with Crippen LogP contribution in [0.15, 0.2) is 67.4 Å². The molecule has 5 atom stereocenters. The highest BCUT2D eigenvalue weighted by molar-refractivity contribution is 6.72. The summed E-state index contributed by atoms with van der Waals surface area (Å²) in [4.78, 5) is 15.6. The summed E-state index contributed by atoms with van der Waals surface area (Å²) in [5.74, 6) is -0.879. The first-order valence-electron chi connectivity index (χ1n) is 13.3. The summed E-state index contributed by atoms with van der Waals surface area (Å²) < 4.78 is 24.4. The molecule has 2 aromatic carbocycles. The second kappa shape index (κ2) is 10.6. The number of ether oxygens (including phenoxy) is 1. The lowest BCUT2D eigenvalue weighted by atomic mass is 9.82. The van der Waals surface area contributed by atoms with E-state index in [4.69, 9.17) is 16.3 Å². The molecule has 1 saturated heterocycles. The van der Waals surface area contributed by atoms with E-state index in [0.717, 1.165) is 11.3 Å². The molecule has 39 heavy (non-hydrogen) atoms. The number of aliphatic hydroxyl groups is 1. The van der Waals surface area contributed by atoms with E-state index in [-0.39, 0.29) is 18.4 Å². The summed E-state index contributed by atoms with van der Waals surface area (Å²) in [5, 5.41) is 19.1. The molecule has 3 aromatic rings. The lowest BCUT2D eigenvalue weighted by molar-refractivity contribution is -0.145. The Kier molecular flexibility index (Phi) is 7.54. The standard InChI is InChI=1S/C29H34ClFN4O3Si/c1-5-14-35-25-12-11-21(30)16-23(25)29(28(35)37)19(2)27(39(3,4)31)26(38-29)13-15-34-17-24(32-33-34)22(18-36)20-9-7-6-8-10-20/h5-12,16-17,19,22,26-27,36H,1,13-15,18H2,2-4H3/t19-,22?,26+,27-,29+/m1/s1. The summed E-state index contributed by atoms with van der Waals surface area (Å²) in [7, 11) is -3.28.